The van der Waals surface area contributed by atoms with Crippen molar-refractivity contribution in [3.63, 3.8) is 0 Å². The van der Waals surface area contributed by atoms with E-state index in [1.54, 1.807) is 18.2 Å². The summed E-state index contributed by atoms with van der Waals surface area (Å²) in [7, 11) is 5.91. The first-order valence-corrected chi connectivity index (χ1v) is 7.48. The fraction of sp³-hybridized carbons (Fsp3) is 0.312. The molecule has 0 fully saturated rings. The molecule has 9 nitrogen and oxygen atoms in total. The van der Waals surface area contributed by atoms with Gasteiger partial charge < -0.3 is 14.8 Å². The van der Waals surface area contributed by atoms with Crippen molar-refractivity contribution in [1.29, 1.82) is 0 Å². The van der Waals surface area contributed by atoms with Gasteiger partial charge in [-0.15, -0.1) is 0 Å². The van der Waals surface area contributed by atoms with Crippen molar-refractivity contribution >= 4 is 11.8 Å². The van der Waals surface area contributed by atoms with E-state index in [4.69, 9.17) is 9.47 Å². The van der Waals surface area contributed by atoms with Crippen molar-refractivity contribution in [2.75, 3.05) is 19.5 Å². The number of nitrogens with zero attached hydrogens (tertiary/aromatic N) is 2. The average Bonchev–Trinajstić information content (AvgIpc) is 2.63. The summed E-state index contributed by atoms with van der Waals surface area (Å²) in [5, 5.41) is 5.25. The molecule has 0 saturated heterocycles. The number of aromatic nitrogens is 2. The zero-order chi connectivity index (χ0) is 18.3. The highest BCUT2D eigenvalue weighted by molar-refractivity contribution is 5.92. The first-order valence-electron chi connectivity index (χ1n) is 7.48. The maximum atomic E-state index is 12.7. The van der Waals surface area contributed by atoms with Crippen molar-refractivity contribution in [2.24, 2.45) is 14.1 Å². The molecule has 2 amide bonds. The van der Waals surface area contributed by atoms with E-state index in [0.717, 1.165) is 4.57 Å². The summed E-state index contributed by atoms with van der Waals surface area (Å²) in [6.07, 6.45) is 0. The zero-order valence-corrected chi connectivity index (χ0v) is 14.2. The number of benzene rings is 1. The SMILES string of the molecule is COc1ccc([C@H]2NC(=O)Nc3c2c(=O)n(C)c(=O)n3C)cc1OC. The number of hydrogen-bond donors (Lipinski definition) is 2. The number of methoxy groups -OCH3 is 2. The largest absolute Gasteiger partial charge is 0.493 e. The Bertz CT molecular complexity index is 976. The second-order valence-electron chi connectivity index (χ2n) is 5.61. The van der Waals surface area contributed by atoms with Crippen molar-refractivity contribution < 1.29 is 14.3 Å². The lowest BCUT2D eigenvalue weighted by Gasteiger charge is -2.28. The maximum Gasteiger partial charge on any atom is 0.332 e. The van der Waals surface area contributed by atoms with E-state index in [1.165, 1.54) is 32.9 Å². The number of rotatable bonds is 3. The second-order valence-corrected chi connectivity index (χ2v) is 5.61. The molecule has 0 radical (unpaired) electrons. The van der Waals surface area contributed by atoms with Crippen LogP contribution in [0.5, 0.6) is 11.5 Å². The van der Waals surface area contributed by atoms with Crippen LogP contribution in [0, 0.1) is 0 Å². The smallest absolute Gasteiger partial charge is 0.332 e. The van der Waals surface area contributed by atoms with Crippen LogP contribution in [-0.2, 0) is 14.1 Å². The van der Waals surface area contributed by atoms with Gasteiger partial charge in [-0.05, 0) is 17.7 Å². The minimum absolute atomic E-state index is 0.177. The summed E-state index contributed by atoms with van der Waals surface area (Å²) < 4.78 is 12.7. The van der Waals surface area contributed by atoms with E-state index in [1.807, 2.05) is 0 Å². The number of fused-ring (bicyclic) bond motifs is 1. The third-order valence-corrected chi connectivity index (χ3v) is 4.24. The number of carbonyl (C=O) groups excluding carboxylic acids is 1. The van der Waals surface area contributed by atoms with Crippen LogP contribution in [0.3, 0.4) is 0 Å². The highest BCUT2D eigenvalue weighted by atomic mass is 16.5. The van der Waals surface area contributed by atoms with E-state index in [-0.39, 0.29) is 11.4 Å². The number of anilines is 1. The first kappa shape index (κ1) is 16.6. The molecule has 0 aliphatic carbocycles. The Morgan fingerprint density at radius 3 is 2.32 bits per heavy atom. The Morgan fingerprint density at radius 2 is 1.68 bits per heavy atom. The van der Waals surface area contributed by atoms with E-state index in [9.17, 15) is 14.4 Å². The minimum Gasteiger partial charge on any atom is -0.493 e. The fourth-order valence-electron chi connectivity index (χ4n) is 2.91. The third-order valence-electron chi connectivity index (χ3n) is 4.24. The van der Waals surface area contributed by atoms with E-state index in [0.29, 0.717) is 17.1 Å². The normalized spacial score (nSPS) is 15.8. The molecule has 2 N–H and O–H groups in total. The van der Waals surface area contributed by atoms with Crippen LogP contribution in [0.25, 0.3) is 0 Å². The number of hydrogen-bond acceptors (Lipinski definition) is 5. The summed E-state index contributed by atoms with van der Waals surface area (Å²) in [6, 6.07) is 3.87. The Morgan fingerprint density at radius 1 is 1.00 bits per heavy atom. The average molecular weight is 346 g/mol. The van der Waals surface area contributed by atoms with E-state index < -0.39 is 23.3 Å². The van der Waals surface area contributed by atoms with Gasteiger partial charge in [0.15, 0.2) is 11.5 Å². The molecule has 1 aromatic heterocycles. The number of urea groups is 1. The molecule has 9 heteroatoms. The van der Waals surface area contributed by atoms with Gasteiger partial charge in [0, 0.05) is 14.1 Å². The summed E-state index contributed by atoms with van der Waals surface area (Å²) in [4.78, 5) is 36.8. The number of ether oxygens (including phenoxy) is 2. The van der Waals surface area contributed by atoms with Crippen LogP contribution in [0.15, 0.2) is 27.8 Å². The molecule has 132 valence electrons. The van der Waals surface area contributed by atoms with Gasteiger partial charge in [0.2, 0.25) is 0 Å². The van der Waals surface area contributed by atoms with Gasteiger partial charge in [-0.3, -0.25) is 19.2 Å². The summed E-state index contributed by atoms with van der Waals surface area (Å²) in [5.41, 5.74) is -0.0942. The van der Waals surface area contributed by atoms with Gasteiger partial charge in [-0.1, -0.05) is 6.07 Å². The van der Waals surface area contributed by atoms with Gasteiger partial charge in [0.1, 0.15) is 5.82 Å². The molecule has 2 aromatic rings. The highest BCUT2D eigenvalue weighted by Crippen LogP contribution is 2.34. The Kier molecular flexibility index (Phi) is 3.99. The summed E-state index contributed by atoms with van der Waals surface area (Å²) >= 11 is 0. The highest BCUT2D eigenvalue weighted by Gasteiger charge is 2.32. The van der Waals surface area contributed by atoms with Crippen LogP contribution < -0.4 is 31.4 Å². The molecule has 1 aliphatic rings. The molecule has 1 atom stereocenters. The maximum absolute atomic E-state index is 12.7. The minimum atomic E-state index is -0.728. The van der Waals surface area contributed by atoms with E-state index >= 15 is 0 Å². The molecule has 25 heavy (non-hydrogen) atoms. The Balaban J connectivity index is 2.26. The van der Waals surface area contributed by atoms with Crippen LogP contribution in [-0.4, -0.2) is 29.4 Å². The van der Waals surface area contributed by atoms with Crippen LogP contribution >= 0.6 is 0 Å². The molecule has 0 spiro atoms. The molecule has 0 saturated carbocycles. The molecule has 1 aromatic carbocycles. The predicted molar refractivity (Wildman–Crippen MR) is 90.5 cm³/mol. The molecule has 0 bridgehead atoms. The predicted octanol–water partition coefficient (Wildman–Crippen LogP) is 0.326. The van der Waals surface area contributed by atoms with Crippen molar-refractivity contribution in [2.45, 2.75) is 6.04 Å². The lowest BCUT2D eigenvalue weighted by Crippen LogP contribution is -2.49. The monoisotopic (exact) mass is 346 g/mol. The molecule has 0 unspecified atom stereocenters. The fourth-order valence-corrected chi connectivity index (χ4v) is 2.91. The number of amides is 2. The molecular formula is C16H18N4O5. The lowest BCUT2D eigenvalue weighted by atomic mass is 9.98. The van der Waals surface area contributed by atoms with Gasteiger partial charge >= 0.3 is 11.7 Å². The van der Waals surface area contributed by atoms with Crippen molar-refractivity contribution in [1.82, 2.24) is 14.5 Å². The van der Waals surface area contributed by atoms with Crippen molar-refractivity contribution in [3.8, 4) is 11.5 Å². The van der Waals surface area contributed by atoms with Gasteiger partial charge in [0.05, 0.1) is 25.8 Å². The van der Waals surface area contributed by atoms with Crippen LogP contribution in [0.4, 0.5) is 10.6 Å². The second kappa shape index (κ2) is 6.00. The molecule has 2 heterocycles. The molecular weight excluding hydrogens is 328 g/mol. The summed E-state index contributed by atoms with van der Waals surface area (Å²) in [5.74, 6) is 1.17. The molecule has 1 aliphatic heterocycles. The summed E-state index contributed by atoms with van der Waals surface area (Å²) in [6.45, 7) is 0. The Hall–Kier alpha value is -3.23. The molecule has 3 rings (SSSR count). The third kappa shape index (κ3) is 2.53. The van der Waals surface area contributed by atoms with Gasteiger partial charge in [-0.2, -0.15) is 0 Å². The topological polar surface area (TPSA) is 104 Å². The standard InChI is InChI=1S/C16H18N4O5/c1-19-13-11(14(21)20(2)16(19)23)12(17-15(22)18-13)8-5-6-9(24-3)10(7-8)25-4/h5-7,12H,1-4H3,(H2,17,18,22)/t12-/m1/s1. The Labute approximate surface area is 142 Å². The van der Waals surface area contributed by atoms with Crippen LogP contribution in [0.1, 0.15) is 17.2 Å². The lowest BCUT2D eigenvalue weighted by molar-refractivity contribution is 0.248. The van der Waals surface area contributed by atoms with Crippen molar-refractivity contribution in [3.05, 3.63) is 50.2 Å². The quantitative estimate of drug-likeness (QED) is 0.833. The van der Waals surface area contributed by atoms with Crippen LogP contribution in [0.2, 0.25) is 0 Å². The number of carbonyl (C=O) groups is 1. The van der Waals surface area contributed by atoms with Gasteiger partial charge in [0.25, 0.3) is 5.56 Å². The zero-order valence-electron chi connectivity index (χ0n) is 14.2. The van der Waals surface area contributed by atoms with E-state index in [2.05, 4.69) is 10.6 Å². The first-order chi connectivity index (χ1) is 11.9. The number of nitrogens with one attached hydrogen (secondary N) is 2. The van der Waals surface area contributed by atoms with Gasteiger partial charge in [-0.25, -0.2) is 9.59 Å².